The molecule has 0 fully saturated rings. The van der Waals surface area contributed by atoms with Crippen molar-refractivity contribution in [3.05, 3.63) is 60.3 Å². The Morgan fingerprint density at radius 1 is 1.00 bits per heavy atom. The summed E-state index contributed by atoms with van der Waals surface area (Å²) in [7, 11) is 0. The van der Waals surface area contributed by atoms with Gasteiger partial charge < -0.3 is 0 Å². The molecule has 3 heteroatoms. The van der Waals surface area contributed by atoms with Crippen molar-refractivity contribution in [1.82, 2.24) is 4.98 Å². The second-order valence-electron chi connectivity index (χ2n) is 3.14. The molecule has 15 heavy (non-hydrogen) atoms. The number of pyridine rings is 1. The van der Waals surface area contributed by atoms with E-state index >= 15 is 0 Å². The van der Waals surface area contributed by atoms with Crippen molar-refractivity contribution < 1.29 is 3.83 Å². The molecule has 2 aromatic rings. The van der Waals surface area contributed by atoms with E-state index in [1.807, 2.05) is 48.5 Å². The fraction of sp³-hybridized carbons (Fsp3) is 0.0833. The summed E-state index contributed by atoms with van der Waals surface area (Å²) in [4.78, 5) is 4.12. The van der Waals surface area contributed by atoms with Gasteiger partial charge in [0.2, 0.25) is 0 Å². The molecule has 0 bridgehead atoms. The zero-order valence-corrected chi connectivity index (χ0v) is 9.88. The van der Waals surface area contributed by atoms with Gasteiger partial charge in [-0.05, 0) is 0 Å². The third-order valence-corrected chi connectivity index (χ3v) is 4.75. The zero-order valence-electron chi connectivity index (χ0n) is 8.17. The molecule has 0 radical (unpaired) electrons. The number of hydrogen-bond acceptors (Lipinski definition) is 2. The van der Waals surface area contributed by atoms with Crippen molar-refractivity contribution in [1.29, 1.82) is 0 Å². The van der Waals surface area contributed by atoms with E-state index in [1.54, 1.807) is 6.20 Å². The minimum atomic E-state index is -2.01. The van der Waals surface area contributed by atoms with Crippen LogP contribution in [0.3, 0.4) is 0 Å². The van der Waals surface area contributed by atoms with Crippen LogP contribution in [0.15, 0.2) is 54.7 Å². The topological polar surface area (TPSA) is 30.0 Å². The first kappa shape index (κ1) is 10.2. The van der Waals surface area contributed by atoms with Crippen molar-refractivity contribution in [2.24, 2.45) is 0 Å². The summed E-state index contributed by atoms with van der Waals surface area (Å²) in [6, 6.07) is 15.4. The summed E-state index contributed by atoms with van der Waals surface area (Å²) in [6.45, 7) is 0. The van der Waals surface area contributed by atoms with Gasteiger partial charge in [0.05, 0.1) is 0 Å². The van der Waals surface area contributed by atoms with Crippen LogP contribution in [0.4, 0.5) is 0 Å². The maximum absolute atomic E-state index is 12.0. The van der Waals surface area contributed by atoms with Crippen LogP contribution in [0.25, 0.3) is 0 Å². The minimum absolute atomic E-state index is 0.623. The van der Waals surface area contributed by atoms with Crippen LogP contribution in [-0.2, 0) is 9.15 Å². The third-order valence-electron chi connectivity index (χ3n) is 2.01. The van der Waals surface area contributed by atoms with Gasteiger partial charge in [0.15, 0.2) is 0 Å². The molecular formula is C12H11NOSe. The molecule has 76 valence electrons. The predicted molar refractivity (Wildman–Crippen MR) is 60.5 cm³/mol. The Bertz CT molecular complexity index is 442. The van der Waals surface area contributed by atoms with Crippen LogP contribution in [0, 0.1) is 0 Å². The zero-order chi connectivity index (χ0) is 10.5. The van der Waals surface area contributed by atoms with E-state index in [9.17, 15) is 3.83 Å². The number of rotatable bonds is 3. The van der Waals surface area contributed by atoms with Gasteiger partial charge in [0, 0.05) is 0 Å². The second-order valence-corrected chi connectivity index (χ2v) is 6.08. The fourth-order valence-corrected chi connectivity index (χ4v) is 3.49. The van der Waals surface area contributed by atoms with Crippen molar-refractivity contribution in [3.8, 4) is 0 Å². The van der Waals surface area contributed by atoms with E-state index in [-0.39, 0.29) is 0 Å². The van der Waals surface area contributed by atoms with Gasteiger partial charge >= 0.3 is 92.9 Å². The number of hydrogen-bond donors (Lipinski definition) is 0. The van der Waals surface area contributed by atoms with Gasteiger partial charge in [-0.25, -0.2) is 0 Å². The molecule has 0 aliphatic heterocycles. The maximum atomic E-state index is 12.0. The standard InChI is InChI=1S/C12H11NOSe/c14-15(12-8-4-5-9-13-12)10-11-6-2-1-3-7-11/h1-9H,10H2. The Morgan fingerprint density at radius 2 is 1.73 bits per heavy atom. The first-order chi connectivity index (χ1) is 7.36. The Kier molecular flexibility index (Phi) is 3.38. The van der Waals surface area contributed by atoms with Crippen molar-refractivity contribution >= 4 is 18.4 Å². The van der Waals surface area contributed by atoms with Crippen LogP contribution in [0.1, 0.15) is 5.56 Å². The molecule has 0 saturated heterocycles. The third kappa shape index (κ3) is 2.82. The molecule has 0 saturated carbocycles. The molecule has 0 N–H and O–H groups in total. The van der Waals surface area contributed by atoms with Crippen molar-refractivity contribution in [2.45, 2.75) is 5.32 Å². The summed E-state index contributed by atoms with van der Waals surface area (Å²) in [6.07, 6.45) is 1.69. The Balaban J connectivity index is 2.12. The van der Waals surface area contributed by atoms with Crippen LogP contribution in [-0.4, -0.2) is 18.8 Å². The number of benzene rings is 1. The molecule has 2 nitrogen and oxygen atoms in total. The van der Waals surface area contributed by atoms with E-state index in [4.69, 9.17) is 0 Å². The van der Waals surface area contributed by atoms with Crippen LogP contribution < -0.4 is 4.59 Å². The molecule has 2 rings (SSSR count). The van der Waals surface area contributed by atoms with Gasteiger partial charge in [-0.15, -0.1) is 0 Å². The average molecular weight is 264 g/mol. The molecule has 0 spiro atoms. The second kappa shape index (κ2) is 4.96. The molecule has 1 aromatic heterocycles. The van der Waals surface area contributed by atoms with E-state index < -0.39 is 13.8 Å². The first-order valence-corrected chi connectivity index (χ1v) is 7.46. The van der Waals surface area contributed by atoms with Crippen LogP contribution >= 0.6 is 0 Å². The molecule has 0 amide bonds. The first-order valence-electron chi connectivity index (χ1n) is 4.69. The summed E-state index contributed by atoms with van der Waals surface area (Å²) >= 11 is -2.01. The summed E-state index contributed by atoms with van der Waals surface area (Å²) in [5, 5.41) is 0.623. The SMILES string of the molecule is O=[Se](Cc1ccccc1)c1ccccn1. The predicted octanol–water partition coefficient (Wildman–Crippen LogP) is 1.49. The van der Waals surface area contributed by atoms with Crippen LogP contribution in [0.5, 0.6) is 0 Å². The van der Waals surface area contributed by atoms with Gasteiger partial charge in [-0.2, -0.15) is 0 Å². The summed E-state index contributed by atoms with van der Waals surface area (Å²) < 4.78 is 12.7. The van der Waals surface area contributed by atoms with E-state index in [1.165, 1.54) is 0 Å². The van der Waals surface area contributed by atoms with Gasteiger partial charge in [-0.1, -0.05) is 0 Å². The Hall–Kier alpha value is -1.31. The van der Waals surface area contributed by atoms with Crippen molar-refractivity contribution in [2.75, 3.05) is 0 Å². The Morgan fingerprint density at radius 3 is 2.40 bits per heavy atom. The van der Waals surface area contributed by atoms with E-state index in [0.29, 0.717) is 5.32 Å². The van der Waals surface area contributed by atoms with E-state index in [0.717, 1.165) is 10.2 Å². The monoisotopic (exact) mass is 265 g/mol. The van der Waals surface area contributed by atoms with Gasteiger partial charge in [0.1, 0.15) is 0 Å². The van der Waals surface area contributed by atoms with Crippen LogP contribution in [0.2, 0.25) is 0 Å². The number of aromatic nitrogens is 1. The summed E-state index contributed by atoms with van der Waals surface area (Å²) in [5.41, 5.74) is 1.11. The van der Waals surface area contributed by atoms with Crippen molar-refractivity contribution in [3.63, 3.8) is 0 Å². The Labute approximate surface area is 93.1 Å². The molecular weight excluding hydrogens is 253 g/mol. The van der Waals surface area contributed by atoms with E-state index in [2.05, 4.69) is 4.98 Å². The molecule has 1 unspecified atom stereocenters. The van der Waals surface area contributed by atoms with Gasteiger partial charge in [-0.3, -0.25) is 0 Å². The molecule has 1 aromatic carbocycles. The molecule has 1 atom stereocenters. The number of nitrogens with zero attached hydrogens (tertiary/aromatic N) is 1. The van der Waals surface area contributed by atoms with Gasteiger partial charge in [0.25, 0.3) is 0 Å². The molecule has 0 aliphatic carbocycles. The average Bonchev–Trinajstić information content (AvgIpc) is 2.31. The molecule has 0 aliphatic rings. The normalized spacial score (nSPS) is 12.3. The summed E-state index contributed by atoms with van der Waals surface area (Å²) in [5.74, 6) is 0. The quantitative estimate of drug-likeness (QED) is 0.786. The molecule has 1 heterocycles. The fourth-order valence-electron chi connectivity index (χ4n) is 1.28.